The standard InChI is InChI=1S/C20H19ClFN5O3/c21-13-5-6-17(23-12-13)25-18(28)16-11-20(30-26-16)7-9-27(10-8-20)19(29)24-15-4-2-1-3-14(15)22/h1-6,12H,7-11H2,(H,24,29)(H,23,25,28). The Kier molecular flexibility index (Phi) is 5.54. The van der Waals surface area contributed by atoms with Gasteiger partial charge in [0, 0.05) is 38.5 Å². The molecule has 30 heavy (non-hydrogen) atoms. The molecule has 0 radical (unpaired) electrons. The number of carbonyl (C=O) groups is 2. The first-order chi connectivity index (χ1) is 14.4. The summed E-state index contributed by atoms with van der Waals surface area (Å²) in [5.74, 6) is -0.508. The van der Waals surface area contributed by atoms with Crippen molar-refractivity contribution in [3.8, 4) is 0 Å². The van der Waals surface area contributed by atoms with Crippen LogP contribution in [0, 0.1) is 5.82 Å². The number of hydrogen-bond acceptors (Lipinski definition) is 5. The maximum Gasteiger partial charge on any atom is 0.321 e. The summed E-state index contributed by atoms with van der Waals surface area (Å²) in [5, 5.41) is 9.67. The molecule has 2 aromatic rings. The van der Waals surface area contributed by atoms with E-state index >= 15 is 0 Å². The number of anilines is 2. The summed E-state index contributed by atoms with van der Waals surface area (Å²) in [7, 11) is 0. The Labute approximate surface area is 177 Å². The third kappa shape index (κ3) is 4.35. The number of nitrogens with zero attached hydrogens (tertiary/aromatic N) is 3. The third-order valence-corrected chi connectivity index (χ3v) is 5.37. The van der Waals surface area contributed by atoms with Crippen LogP contribution in [-0.4, -0.2) is 46.2 Å². The summed E-state index contributed by atoms with van der Waals surface area (Å²) in [4.78, 5) is 36.1. The van der Waals surface area contributed by atoms with Crippen LogP contribution in [0.1, 0.15) is 19.3 Å². The molecule has 0 atom stereocenters. The van der Waals surface area contributed by atoms with Crippen molar-refractivity contribution in [2.45, 2.75) is 24.9 Å². The summed E-state index contributed by atoms with van der Waals surface area (Å²) >= 11 is 5.79. The maximum absolute atomic E-state index is 13.7. The van der Waals surface area contributed by atoms with Crippen LogP contribution in [-0.2, 0) is 9.63 Å². The first kappa shape index (κ1) is 20.1. The van der Waals surface area contributed by atoms with Gasteiger partial charge in [0.2, 0.25) is 0 Å². The number of pyridine rings is 1. The Balaban J connectivity index is 1.30. The number of amides is 3. The van der Waals surface area contributed by atoms with Gasteiger partial charge in [-0.05, 0) is 24.3 Å². The molecule has 1 saturated heterocycles. The maximum atomic E-state index is 13.7. The smallest absolute Gasteiger partial charge is 0.321 e. The summed E-state index contributed by atoms with van der Waals surface area (Å²) < 4.78 is 13.7. The highest BCUT2D eigenvalue weighted by molar-refractivity contribution is 6.43. The molecular formula is C20H19ClFN5O3. The topological polar surface area (TPSA) is 95.9 Å². The molecule has 0 saturated carbocycles. The molecule has 4 rings (SSSR count). The lowest BCUT2D eigenvalue weighted by Crippen LogP contribution is -2.48. The SMILES string of the molecule is O=C(Nc1ccc(Cl)cn1)C1=NOC2(CCN(C(=O)Nc3ccccc3F)CC2)C1. The highest BCUT2D eigenvalue weighted by Gasteiger charge is 2.44. The van der Waals surface area contributed by atoms with Crippen LogP contribution in [0.4, 0.5) is 20.7 Å². The Morgan fingerprint density at radius 2 is 1.90 bits per heavy atom. The lowest BCUT2D eigenvalue weighted by atomic mass is 9.87. The number of likely N-dealkylation sites (tertiary alicyclic amines) is 1. The van der Waals surface area contributed by atoms with Crippen molar-refractivity contribution >= 4 is 40.8 Å². The molecule has 3 amide bonds. The first-order valence-corrected chi connectivity index (χ1v) is 9.80. The monoisotopic (exact) mass is 431 g/mol. The Morgan fingerprint density at radius 3 is 2.60 bits per heavy atom. The van der Waals surface area contributed by atoms with Crippen LogP contribution in [0.2, 0.25) is 5.02 Å². The largest absolute Gasteiger partial charge is 0.388 e. The number of carbonyl (C=O) groups excluding carboxylic acids is 2. The van der Waals surface area contributed by atoms with E-state index in [-0.39, 0.29) is 23.3 Å². The Bertz CT molecular complexity index is 990. The van der Waals surface area contributed by atoms with Crippen LogP contribution < -0.4 is 10.6 Å². The molecule has 0 unspecified atom stereocenters. The minimum Gasteiger partial charge on any atom is -0.388 e. The van der Waals surface area contributed by atoms with Crippen molar-refractivity contribution in [2.75, 3.05) is 23.7 Å². The van der Waals surface area contributed by atoms with Crippen molar-refractivity contribution < 1.29 is 18.8 Å². The van der Waals surface area contributed by atoms with Gasteiger partial charge in [-0.3, -0.25) is 4.79 Å². The number of halogens is 2. The molecule has 8 nitrogen and oxygen atoms in total. The lowest BCUT2D eigenvalue weighted by molar-refractivity contribution is -0.110. The number of nitrogens with one attached hydrogen (secondary N) is 2. The first-order valence-electron chi connectivity index (χ1n) is 9.43. The average Bonchev–Trinajstić information content (AvgIpc) is 3.15. The minimum absolute atomic E-state index is 0.137. The van der Waals surface area contributed by atoms with Crippen molar-refractivity contribution in [3.63, 3.8) is 0 Å². The van der Waals surface area contributed by atoms with Crippen LogP contribution in [0.3, 0.4) is 0 Å². The van der Waals surface area contributed by atoms with E-state index in [4.69, 9.17) is 16.4 Å². The normalized spacial score (nSPS) is 17.3. The summed E-state index contributed by atoms with van der Waals surface area (Å²) in [6.45, 7) is 0.812. The number of hydrogen-bond donors (Lipinski definition) is 2. The van der Waals surface area contributed by atoms with Crippen molar-refractivity contribution in [1.29, 1.82) is 0 Å². The molecule has 2 aliphatic rings. The summed E-state index contributed by atoms with van der Waals surface area (Å²) in [6, 6.07) is 8.85. The number of benzene rings is 1. The predicted molar refractivity (Wildman–Crippen MR) is 110 cm³/mol. The minimum atomic E-state index is -0.616. The average molecular weight is 432 g/mol. The molecule has 1 aromatic carbocycles. The van der Waals surface area contributed by atoms with E-state index in [1.54, 1.807) is 29.2 Å². The zero-order valence-corrected chi connectivity index (χ0v) is 16.7. The molecule has 1 aromatic heterocycles. The predicted octanol–water partition coefficient (Wildman–Crippen LogP) is 3.66. The molecule has 0 aliphatic carbocycles. The molecule has 2 N–H and O–H groups in total. The van der Waals surface area contributed by atoms with Gasteiger partial charge in [-0.15, -0.1) is 0 Å². The Hall–Kier alpha value is -3.20. The highest BCUT2D eigenvalue weighted by atomic mass is 35.5. The fourth-order valence-electron chi connectivity index (χ4n) is 3.42. The number of piperidine rings is 1. The van der Waals surface area contributed by atoms with Gasteiger partial charge in [-0.2, -0.15) is 0 Å². The van der Waals surface area contributed by atoms with Gasteiger partial charge < -0.3 is 20.4 Å². The van der Waals surface area contributed by atoms with Crippen molar-refractivity contribution in [1.82, 2.24) is 9.88 Å². The van der Waals surface area contributed by atoms with Crippen LogP contribution in [0.5, 0.6) is 0 Å². The van der Waals surface area contributed by atoms with Gasteiger partial charge in [0.25, 0.3) is 5.91 Å². The van der Waals surface area contributed by atoms with E-state index in [1.807, 2.05) is 0 Å². The fraction of sp³-hybridized carbons (Fsp3) is 0.300. The fourth-order valence-corrected chi connectivity index (χ4v) is 3.54. The van der Waals surface area contributed by atoms with Crippen molar-refractivity contribution in [3.05, 3.63) is 53.4 Å². The van der Waals surface area contributed by atoms with Gasteiger partial charge in [0.15, 0.2) is 0 Å². The van der Waals surface area contributed by atoms with E-state index in [1.165, 1.54) is 18.3 Å². The Morgan fingerprint density at radius 1 is 1.13 bits per heavy atom. The number of rotatable bonds is 3. The lowest BCUT2D eigenvalue weighted by Gasteiger charge is -2.37. The van der Waals surface area contributed by atoms with Gasteiger partial charge in [0.05, 0.1) is 10.7 Å². The zero-order chi connectivity index (χ0) is 21.1. The van der Waals surface area contributed by atoms with E-state index in [9.17, 15) is 14.0 Å². The molecule has 3 heterocycles. The van der Waals surface area contributed by atoms with Crippen molar-refractivity contribution in [2.24, 2.45) is 5.16 Å². The molecule has 0 bridgehead atoms. The number of urea groups is 1. The highest BCUT2D eigenvalue weighted by Crippen LogP contribution is 2.35. The van der Waals surface area contributed by atoms with Gasteiger partial charge in [-0.25, -0.2) is 14.2 Å². The summed E-state index contributed by atoms with van der Waals surface area (Å²) in [6.07, 6.45) is 2.80. The van der Waals surface area contributed by atoms with E-state index < -0.39 is 11.4 Å². The van der Waals surface area contributed by atoms with E-state index in [0.717, 1.165) is 0 Å². The van der Waals surface area contributed by atoms with E-state index in [0.29, 0.717) is 43.2 Å². The number of para-hydroxylation sites is 1. The molecule has 2 aliphatic heterocycles. The van der Waals surface area contributed by atoms with Crippen LogP contribution in [0.25, 0.3) is 0 Å². The zero-order valence-electron chi connectivity index (χ0n) is 15.9. The second kappa shape index (κ2) is 8.27. The molecule has 10 heteroatoms. The second-order valence-corrected chi connectivity index (χ2v) is 7.64. The van der Waals surface area contributed by atoms with Gasteiger partial charge in [0.1, 0.15) is 22.9 Å². The van der Waals surface area contributed by atoms with Crippen LogP contribution >= 0.6 is 11.6 Å². The number of oxime groups is 1. The second-order valence-electron chi connectivity index (χ2n) is 7.20. The third-order valence-electron chi connectivity index (χ3n) is 5.15. The quantitative estimate of drug-likeness (QED) is 0.775. The number of aromatic nitrogens is 1. The molecule has 156 valence electrons. The van der Waals surface area contributed by atoms with Gasteiger partial charge in [-0.1, -0.05) is 28.9 Å². The van der Waals surface area contributed by atoms with Gasteiger partial charge >= 0.3 is 6.03 Å². The summed E-state index contributed by atoms with van der Waals surface area (Å²) in [5.41, 5.74) is -0.205. The van der Waals surface area contributed by atoms with Crippen LogP contribution in [0.15, 0.2) is 47.8 Å². The van der Waals surface area contributed by atoms with E-state index in [2.05, 4.69) is 20.8 Å². The molecular weight excluding hydrogens is 413 g/mol. The molecule has 1 fully saturated rings. The molecule has 1 spiro atoms.